The third-order valence-electron chi connectivity index (χ3n) is 5.71. The van der Waals surface area contributed by atoms with Crippen molar-refractivity contribution >= 4 is 35.3 Å². The zero-order valence-electron chi connectivity index (χ0n) is 18.0. The topological polar surface area (TPSA) is 107 Å². The largest absolute Gasteiger partial charge is 0.378 e. The molecule has 0 bridgehead atoms. The molecule has 0 aliphatic carbocycles. The van der Waals surface area contributed by atoms with Crippen LogP contribution >= 0.6 is 12.4 Å². The Hall–Kier alpha value is -2.53. The van der Waals surface area contributed by atoms with Crippen molar-refractivity contribution in [1.82, 2.24) is 24.5 Å². The molecule has 2 aliphatic heterocycles. The van der Waals surface area contributed by atoms with E-state index in [0.29, 0.717) is 44.2 Å². The molecule has 32 heavy (non-hydrogen) atoms. The van der Waals surface area contributed by atoms with Gasteiger partial charge in [0, 0.05) is 26.2 Å². The van der Waals surface area contributed by atoms with Gasteiger partial charge in [-0.3, -0.25) is 4.57 Å². The molecule has 10 nitrogen and oxygen atoms in total. The molecule has 1 aromatic carbocycles. The van der Waals surface area contributed by atoms with Crippen molar-refractivity contribution in [2.24, 2.45) is 5.73 Å². The van der Waals surface area contributed by atoms with E-state index >= 15 is 0 Å². The summed E-state index contributed by atoms with van der Waals surface area (Å²) in [5.74, 6) is 1.92. The summed E-state index contributed by atoms with van der Waals surface area (Å²) in [6.07, 6.45) is 3.79. The Balaban J connectivity index is 0.00000245. The standard InChI is InChI=1S/C21H28N8O2.ClH/c22-7-3-4-16-14-28(10-13-31-16)20-24-19(27-8-11-30-12-9-27)25-21(26-20)29-15-23-17-5-1-2-6-18(17)29;/h1-2,5-6,15-16H,3-4,7-14,22H2;1H. The fourth-order valence-electron chi connectivity index (χ4n) is 4.04. The van der Waals surface area contributed by atoms with Crippen LogP contribution in [0.5, 0.6) is 0 Å². The SMILES string of the molecule is Cl.NCCCC1CN(c2nc(N3CCOCC3)nc(-n3cnc4ccccc43)n2)CCO1. The highest BCUT2D eigenvalue weighted by molar-refractivity contribution is 5.85. The number of anilines is 2. The number of hydrogen-bond acceptors (Lipinski definition) is 9. The Morgan fingerprint density at radius 2 is 1.66 bits per heavy atom. The van der Waals surface area contributed by atoms with Crippen molar-refractivity contribution in [3.63, 3.8) is 0 Å². The monoisotopic (exact) mass is 460 g/mol. The maximum atomic E-state index is 5.93. The number of morpholine rings is 2. The summed E-state index contributed by atoms with van der Waals surface area (Å²) in [5, 5.41) is 0. The first-order chi connectivity index (χ1) is 15.3. The number of imidazole rings is 1. The smallest absolute Gasteiger partial charge is 0.242 e. The molecular formula is C21H29ClN8O2. The molecule has 0 saturated carbocycles. The number of rotatable bonds is 6. The fourth-order valence-corrected chi connectivity index (χ4v) is 4.04. The number of fused-ring (bicyclic) bond motifs is 1. The summed E-state index contributed by atoms with van der Waals surface area (Å²) in [5.41, 5.74) is 7.56. The minimum Gasteiger partial charge on any atom is -0.378 e. The van der Waals surface area contributed by atoms with Gasteiger partial charge in [-0.2, -0.15) is 15.0 Å². The number of ether oxygens (including phenoxy) is 2. The molecule has 2 N–H and O–H groups in total. The molecule has 172 valence electrons. The van der Waals surface area contributed by atoms with Gasteiger partial charge in [-0.1, -0.05) is 12.1 Å². The molecule has 3 aromatic rings. The summed E-state index contributed by atoms with van der Waals surface area (Å²) in [4.78, 5) is 23.4. The van der Waals surface area contributed by atoms with Crippen LogP contribution in [0.25, 0.3) is 17.0 Å². The van der Waals surface area contributed by atoms with Gasteiger partial charge in [0.05, 0.1) is 37.0 Å². The molecule has 2 fully saturated rings. The first-order valence-electron chi connectivity index (χ1n) is 10.9. The van der Waals surface area contributed by atoms with Crippen LogP contribution < -0.4 is 15.5 Å². The lowest BCUT2D eigenvalue weighted by molar-refractivity contribution is 0.0338. The molecular weight excluding hydrogens is 432 g/mol. The molecule has 2 saturated heterocycles. The second-order valence-electron chi connectivity index (χ2n) is 7.81. The van der Waals surface area contributed by atoms with Gasteiger partial charge < -0.3 is 25.0 Å². The van der Waals surface area contributed by atoms with Crippen LogP contribution in [0.15, 0.2) is 30.6 Å². The molecule has 1 unspecified atom stereocenters. The number of benzene rings is 1. The average Bonchev–Trinajstić information content (AvgIpc) is 3.27. The van der Waals surface area contributed by atoms with E-state index in [4.69, 9.17) is 30.2 Å². The highest BCUT2D eigenvalue weighted by Crippen LogP contribution is 2.22. The highest BCUT2D eigenvalue weighted by atomic mass is 35.5. The summed E-state index contributed by atoms with van der Waals surface area (Å²) >= 11 is 0. The first-order valence-corrected chi connectivity index (χ1v) is 10.9. The van der Waals surface area contributed by atoms with Crippen LogP contribution in [0.3, 0.4) is 0 Å². The summed E-state index contributed by atoms with van der Waals surface area (Å²) in [6.45, 7) is 5.67. The second-order valence-corrected chi connectivity index (χ2v) is 7.81. The molecule has 2 aliphatic rings. The van der Waals surface area contributed by atoms with E-state index in [2.05, 4.69) is 14.8 Å². The molecule has 1 atom stereocenters. The Labute approximate surface area is 193 Å². The molecule has 0 radical (unpaired) electrons. The Bertz CT molecular complexity index is 1030. The highest BCUT2D eigenvalue weighted by Gasteiger charge is 2.25. The quantitative estimate of drug-likeness (QED) is 0.584. The number of halogens is 1. The van der Waals surface area contributed by atoms with Gasteiger partial charge in [0.25, 0.3) is 0 Å². The Kier molecular flexibility index (Phi) is 7.36. The van der Waals surface area contributed by atoms with Crippen molar-refractivity contribution in [3.05, 3.63) is 30.6 Å². The third kappa shape index (κ3) is 4.78. The lowest BCUT2D eigenvalue weighted by Gasteiger charge is -2.34. The Morgan fingerprint density at radius 1 is 0.938 bits per heavy atom. The van der Waals surface area contributed by atoms with Crippen LogP contribution in [0.1, 0.15) is 12.8 Å². The molecule has 2 aromatic heterocycles. The van der Waals surface area contributed by atoms with Crippen molar-refractivity contribution < 1.29 is 9.47 Å². The normalized spacial score (nSPS) is 19.2. The van der Waals surface area contributed by atoms with Crippen molar-refractivity contribution in [2.45, 2.75) is 18.9 Å². The summed E-state index contributed by atoms with van der Waals surface area (Å²) in [7, 11) is 0. The lowest BCUT2D eigenvalue weighted by Crippen LogP contribution is -2.44. The van der Waals surface area contributed by atoms with Crippen molar-refractivity contribution in [2.75, 3.05) is 62.3 Å². The van der Waals surface area contributed by atoms with Crippen molar-refractivity contribution in [3.8, 4) is 5.95 Å². The van der Waals surface area contributed by atoms with Gasteiger partial charge in [0.15, 0.2) is 0 Å². The van der Waals surface area contributed by atoms with Crippen LogP contribution in [-0.4, -0.2) is 83.2 Å². The number of nitrogens with zero attached hydrogens (tertiary/aromatic N) is 7. The van der Waals surface area contributed by atoms with Crippen molar-refractivity contribution in [1.29, 1.82) is 0 Å². The van der Waals surface area contributed by atoms with Crippen LogP contribution in [-0.2, 0) is 9.47 Å². The summed E-state index contributed by atoms with van der Waals surface area (Å²) < 4.78 is 13.4. The number of para-hydroxylation sites is 2. The van der Waals surface area contributed by atoms with Gasteiger partial charge in [-0.05, 0) is 31.5 Å². The third-order valence-corrected chi connectivity index (χ3v) is 5.71. The van der Waals surface area contributed by atoms with E-state index in [1.807, 2.05) is 28.8 Å². The van der Waals surface area contributed by atoms with Gasteiger partial charge in [-0.15, -0.1) is 12.4 Å². The second kappa shape index (κ2) is 10.4. The van der Waals surface area contributed by atoms with E-state index in [0.717, 1.165) is 50.1 Å². The van der Waals surface area contributed by atoms with Gasteiger partial charge in [-0.25, -0.2) is 4.98 Å². The van der Waals surface area contributed by atoms with Gasteiger partial charge >= 0.3 is 0 Å². The van der Waals surface area contributed by atoms with Crippen LogP contribution in [0.2, 0.25) is 0 Å². The van der Waals surface area contributed by atoms with Crippen LogP contribution in [0, 0.1) is 0 Å². The van der Waals surface area contributed by atoms with Gasteiger partial charge in [0.2, 0.25) is 17.8 Å². The maximum Gasteiger partial charge on any atom is 0.242 e. The predicted molar refractivity (Wildman–Crippen MR) is 125 cm³/mol. The van der Waals surface area contributed by atoms with E-state index in [1.54, 1.807) is 6.33 Å². The molecule has 0 amide bonds. The predicted octanol–water partition coefficient (Wildman–Crippen LogP) is 1.41. The van der Waals surface area contributed by atoms with Crippen LogP contribution in [0.4, 0.5) is 11.9 Å². The number of aromatic nitrogens is 5. The molecule has 4 heterocycles. The van der Waals surface area contributed by atoms with E-state index in [1.165, 1.54) is 0 Å². The maximum absolute atomic E-state index is 5.93. The Morgan fingerprint density at radius 3 is 2.47 bits per heavy atom. The van der Waals surface area contributed by atoms with E-state index in [-0.39, 0.29) is 18.5 Å². The number of nitrogens with two attached hydrogens (primary N) is 1. The van der Waals surface area contributed by atoms with E-state index < -0.39 is 0 Å². The molecule has 11 heteroatoms. The zero-order valence-corrected chi connectivity index (χ0v) is 18.8. The first kappa shape index (κ1) is 22.7. The van der Waals surface area contributed by atoms with Gasteiger partial charge in [0.1, 0.15) is 6.33 Å². The minimum absolute atomic E-state index is 0. The molecule has 5 rings (SSSR count). The molecule has 0 spiro atoms. The summed E-state index contributed by atoms with van der Waals surface area (Å²) in [6, 6.07) is 7.99. The van der Waals surface area contributed by atoms with E-state index in [9.17, 15) is 0 Å². The number of hydrogen-bond donors (Lipinski definition) is 1. The fraction of sp³-hybridized carbons (Fsp3) is 0.524. The average molecular weight is 461 g/mol. The minimum atomic E-state index is 0. The lowest BCUT2D eigenvalue weighted by atomic mass is 10.1. The zero-order chi connectivity index (χ0) is 21.0.